The van der Waals surface area contributed by atoms with Crippen molar-refractivity contribution in [3.8, 4) is 28.7 Å². The third-order valence-electron chi connectivity index (χ3n) is 7.44. The Balaban J connectivity index is 1.30. The maximum atomic E-state index is 10.1. The molecule has 5 rings (SSSR count). The van der Waals surface area contributed by atoms with E-state index in [1.54, 1.807) is 0 Å². The Morgan fingerprint density at radius 1 is 1.00 bits per heavy atom. The number of ether oxygens (including phenoxy) is 2. The maximum absolute atomic E-state index is 10.1. The van der Waals surface area contributed by atoms with Gasteiger partial charge in [0.15, 0.2) is 11.5 Å². The largest absolute Gasteiger partial charge is 0.486 e. The van der Waals surface area contributed by atoms with Gasteiger partial charge < -0.3 is 24.8 Å². The number of piperidine rings is 1. The summed E-state index contributed by atoms with van der Waals surface area (Å²) in [5.74, 6) is 1.89. The van der Waals surface area contributed by atoms with Crippen LogP contribution in [0.3, 0.4) is 0 Å². The van der Waals surface area contributed by atoms with E-state index in [9.17, 15) is 10.4 Å². The lowest BCUT2D eigenvalue weighted by Gasteiger charge is -2.39. The number of nitrogens with zero attached hydrogens (tertiary/aromatic N) is 2. The Morgan fingerprint density at radius 3 is 2.58 bits per heavy atom. The zero-order chi connectivity index (χ0) is 22.6. The lowest BCUT2D eigenvalue weighted by atomic mass is 9.84. The van der Waals surface area contributed by atoms with Gasteiger partial charge in [-0.2, -0.15) is 5.26 Å². The number of hydrogen-bond donors (Lipinski definition) is 2. The molecule has 174 valence electrons. The normalized spacial score (nSPS) is 23.2. The smallest absolute Gasteiger partial charge is 0.161 e. The van der Waals surface area contributed by atoms with Crippen LogP contribution in [0.4, 0.5) is 5.69 Å². The second kappa shape index (κ2) is 10.0. The predicted octanol–water partition coefficient (Wildman–Crippen LogP) is 4.11. The monoisotopic (exact) mass is 447 g/mol. The first-order valence-electron chi connectivity index (χ1n) is 12.3. The first-order chi connectivity index (χ1) is 16.3. The number of aliphatic hydroxyl groups excluding tert-OH is 1. The average Bonchev–Trinajstić information content (AvgIpc) is 2.88. The molecule has 0 radical (unpaired) electrons. The fourth-order valence-corrected chi connectivity index (χ4v) is 5.61. The van der Waals surface area contributed by atoms with Crippen LogP contribution in [0, 0.1) is 17.2 Å². The number of fused-ring (bicyclic) bond motifs is 1. The molecule has 0 spiro atoms. The average molecular weight is 448 g/mol. The lowest BCUT2D eigenvalue weighted by Crippen LogP contribution is -2.50. The van der Waals surface area contributed by atoms with E-state index in [1.807, 2.05) is 30.3 Å². The van der Waals surface area contributed by atoms with Gasteiger partial charge in [-0.1, -0.05) is 31.0 Å². The van der Waals surface area contributed by atoms with Crippen molar-refractivity contribution >= 4 is 5.69 Å². The van der Waals surface area contributed by atoms with E-state index in [1.165, 1.54) is 19.3 Å². The molecule has 0 amide bonds. The van der Waals surface area contributed by atoms with Gasteiger partial charge in [0.25, 0.3) is 0 Å². The van der Waals surface area contributed by atoms with Crippen molar-refractivity contribution in [1.29, 1.82) is 5.26 Å². The zero-order valence-electron chi connectivity index (χ0n) is 19.1. The van der Waals surface area contributed by atoms with E-state index in [4.69, 9.17) is 9.47 Å². The highest BCUT2D eigenvalue weighted by molar-refractivity contribution is 5.79. The molecule has 6 heteroatoms. The summed E-state index contributed by atoms with van der Waals surface area (Å²) in [7, 11) is 0. The van der Waals surface area contributed by atoms with E-state index >= 15 is 0 Å². The highest BCUT2D eigenvalue weighted by Gasteiger charge is 2.29. The van der Waals surface area contributed by atoms with Crippen molar-refractivity contribution in [2.75, 3.05) is 37.8 Å². The van der Waals surface area contributed by atoms with Gasteiger partial charge in [-0.25, -0.2) is 0 Å². The molecule has 1 saturated heterocycles. The van der Waals surface area contributed by atoms with Gasteiger partial charge in [-0.05, 0) is 55.4 Å². The molecule has 0 bridgehead atoms. The number of aliphatic hydroxyl groups is 1. The predicted molar refractivity (Wildman–Crippen MR) is 129 cm³/mol. The van der Waals surface area contributed by atoms with Crippen molar-refractivity contribution < 1.29 is 14.6 Å². The van der Waals surface area contributed by atoms with Crippen LogP contribution in [0.25, 0.3) is 11.1 Å². The Hall–Kier alpha value is -2.75. The summed E-state index contributed by atoms with van der Waals surface area (Å²) in [5, 5.41) is 23.7. The van der Waals surface area contributed by atoms with Crippen molar-refractivity contribution in [1.82, 2.24) is 5.32 Å². The molecule has 2 atom stereocenters. The quantitative estimate of drug-likeness (QED) is 0.718. The van der Waals surface area contributed by atoms with Crippen LogP contribution in [-0.4, -0.2) is 50.1 Å². The summed E-state index contributed by atoms with van der Waals surface area (Å²) in [6.45, 7) is 3.25. The summed E-state index contributed by atoms with van der Waals surface area (Å²) >= 11 is 0. The highest BCUT2D eigenvalue weighted by Crippen LogP contribution is 2.38. The number of nitriles is 1. The molecule has 3 aliphatic rings. The molecule has 2 N–H and O–H groups in total. The topological polar surface area (TPSA) is 77.8 Å². The van der Waals surface area contributed by atoms with Crippen molar-refractivity contribution in [3.63, 3.8) is 0 Å². The Morgan fingerprint density at radius 2 is 1.79 bits per heavy atom. The maximum Gasteiger partial charge on any atom is 0.161 e. The van der Waals surface area contributed by atoms with Crippen LogP contribution in [0.1, 0.15) is 44.1 Å². The van der Waals surface area contributed by atoms with Crippen molar-refractivity contribution in [3.05, 3.63) is 42.0 Å². The SMILES string of the molecule is N#Cc1c(-c2ccc3c(c2)OCCO3)cccc1N1CCC(N[C@@H]2CCCC[C@H]2CO)CC1. The van der Waals surface area contributed by atoms with E-state index in [-0.39, 0.29) is 6.61 Å². The molecule has 2 aromatic rings. The number of nitrogens with one attached hydrogen (secondary N) is 1. The fourth-order valence-electron chi connectivity index (χ4n) is 5.61. The van der Waals surface area contributed by atoms with Crippen LogP contribution in [0.5, 0.6) is 11.5 Å². The molecule has 1 saturated carbocycles. The van der Waals surface area contributed by atoms with Crippen LogP contribution < -0.4 is 19.7 Å². The summed E-state index contributed by atoms with van der Waals surface area (Å²) in [6.07, 6.45) is 6.89. The Bertz CT molecular complexity index is 1010. The van der Waals surface area contributed by atoms with E-state index < -0.39 is 0 Å². The molecule has 2 fully saturated rings. The third-order valence-corrected chi connectivity index (χ3v) is 7.44. The Labute approximate surface area is 196 Å². The molecule has 2 heterocycles. The molecule has 6 nitrogen and oxygen atoms in total. The second-order valence-corrected chi connectivity index (χ2v) is 9.43. The van der Waals surface area contributed by atoms with E-state index in [0.29, 0.717) is 36.8 Å². The van der Waals surface area contributed by atoms with Gasteiger partial charge in [-0.3, -0.25) is 0 Å². The summed E-state index contributed by atoms with van der Waals surface area (Å²) in [6, 6.07) is 15.4. The van der Waals surface area contributed by atoms with E-state index in [0.717, 1.165) is 60.7 Å². The van der Waals surface area contributed by atoms with Crippen LogP contribution in [0.2, 0.25) is 0 Å². The van der Waals surface area contributed by atoms with Crippen molar-refractivity contribution in [2.24, 2.45) is 5.92 Å². The minimum atomic E-state index is 0.286. The fraction of sp³-hybridized carbons (Fsp3) is 0.519. The minimum Gasteiger partial charge on any atom is -0.486 e. The van der Waals surface area contributed by atoms with Gasteiger partial charge >= 0.3 is 0 Å². The first-order valence-corrected chi connectivity index (χ1v) is 12.3. The highest BCUT2D eigenvalue weighted by atomic mass is 16.6. The molecular weight excluding hydrogens is 414 g/mol. The standard InChI is InChI=1S/C27H33N3O3/c28-17-23-22(19-8-9-26-27(16-19)33-15-14-32-26)5-3-7-25(23)30-12-10-21(11-13-30)29-24-6-2-1-4-20(24)18-31/h3,5,7-9,16,20-21,24,29,31H,1-2,4,6,10-15,18H2/t20-,24+/m0/s1. The van der Waals surface area contributed by atoms with Crippen LogP contribution >= 0.6 is 0 Å². The molecule has 2 aliphatic heterocycles. The summed E-state index contributed by atoms with van der Waals surface area (Å²) in [5.41, 5.74) is 3.63. The van der Waals surface area contributed by atoms with Crippen molar-refractivity contribution in [2.45, 2.75) is 50.6 Å². The van der Waals surface area contributed by atoms with Gasteiger partial charge in [0, 0.05) is 37.3 Å². The molecule has 33 heavy (non-hydrogen) atoms. The number of benzene rings is 2. The third kappa shape index (κ3) is 4.66. The summed E-state index contributed by atoms with van der Waals surface area (Å²) < 4.78 is 11.4. The first kappa shape index (κ1) is 22.1. The van der Waals surface area contributed by atoms with Gasteiger partial charge in [0.1, 0.15) is 19.3 Å². The molecule has 0 unspecified atom stereocenters. The molecule has 0 aromatic heterocycles. The van der Waals surface area contributed by atoms with Gasteiger partial charge in [-0.15, -0.1) is 0 Å². The van der Waals surface area contributed by atoms with Gasteiger partial charge in [0.05, 0.1) is 11.3 Å². The lowest BCUT2D eigenvalue weighted by molar-refractivity contribution is 0.142. The van der Waals surface area contributed by atoms with Crippen LogP contribution in [-0.2, 0) is 0 Å². The Kier molecular flexibility index (Phi) is 6.70. The molecule has 2 aromatic carbocycles. The number of hydrogen-bond acceptors (Lipinski definition) is 6. The van der Waals surface area contributed by atoms with Crippen LogP contribution in [0.15, 0.2) is 36.4 Å². The minimum absolute atomic E-state index is 0.286. The molecule has 1 aliphatic carbocycles. The van der Waals surface area contributed by atoms with Gasteiger partial charge in [0.2, 0.25) is 0 Å². The molecular formula is C27H33N3O3. The number of rotatable bonds is 5. The van der Waals surface area contributed by atoms with E-state index in [2.05, 4.69) is 22.4 Å². The summed E-state index contributed by atoms with van der Waals surface area (Å²) in [4.78, 5) is 2.35. The zero-order valence-corrected chi connectivity index (χ0v) is 19.1. The second-order valence-electron chi connectivity index (χ2n) is 9.43. The number of anilines is 1.